The van der Waals surface area contributed by atoms with Crippen molar-refractivity contribution in [1.82, 2.24) is 0 Å². The minimum absolute atomic E-state index is 0. The minimum atomic E-state index is -0.556. The molecule has 2 saturated carbocycles. The van der Waals surface area contributed by atoms with Crippen LogP contribution >= 0.6 is 18.6 Å². The van der Waals surface area contributed by atoms with Gasteiger partial charge in [-0.1, -0.05) is 77.8 Å². The van der Waals surface area contributed by atoms with Gasteiger partial charge in [-0.15, -0.1) is 0 Å². The Bertz CT molecular complexity index is 156. The van der Waals surface area contributed by atoms with Crippen LogP contribution in [-0.4, -0.2) is 6.71 Å². The van der Waals surface area contributed by atoms with Crippen molar-refractivity contribution >= 4 is 25.3 Å². The molecule has 0 aromatic carbocycles. The Labute approximate surface area is 140 Å². The fourth-order valence-electron chi connectivity index (χ4n) is 2.75. The zero-order valence-corrected chi connectivity index (χ0v) is 16.7. The van der Waals surface area contributed by atoms with Crippen LogP contribution in [0, 0.1) is 20.8 Å². The summed E-state index contributed by atoms with van der Waals surface area (Å²) in [7, 11) is 9.78. The topological polar surface area (TPSA) is 0 Å². The van der Waals surface area contributed by atoms with Gasteiger partial charge in [-0.25, -0.2) is 0 Å². The summed E-state index contributed by atoms with van der Waals surface area (Å²) in [5.74, 6) is 2.11. The third-order valence-electron chi connectivity index (χ3n) is 3.99. The molecule has 0 unspecified atom stereocenters. The first-order chi connectivity index (χ1) is 8.11. The van der Waals surface area contributed by atoms with Gasteiger partial charge in [-0.2, -0.15) is 0 Å². The van der Waals surface area contributed by atoms with Crippen LogP contribution in [0.5, 0.6) is 0 Å². The molecule has 0 heterocycles. The summed E-state index contributed by atoms with van der Waals surface area (Å²) in [6.45, 7) is 7.97. The fraction of sp³-hybridized carbons (Fsp3) is 0.867. The molecular weight excluding hydrogens is 310 g/mol. The Balaban J connectivity index is -0.000000210. The Morgan fingerprint density at radius 3 is 1.32 bits per heavy atom. The van der Waals surface area contributed by atoms with E-state index in [1.54, 1.807) is 0 Å². The molecule has 0 bridgehead atoms. The van der Waals surface area contributed by atoms with E-state index in [0.717, 1.165) is 18.4 Å². The van der Waals surface area contributed by atoms with E-state index in [1.165, 1.54) is 51.4 Å². The van der Waals surface area contributed by atoms with Crippen molar-refractivity contribution in [2.45, 2.75) is 77.8 Å². The summed E-state index contributed by atoms with van der Waals surface area (Å²) in [5, 5.41) is 0. The summed E-state index contributed by atoms with van der Waals surface area (Å²) in [4.78, 5) is 0. The van der Waals surface area contributed by atoms with Crippen LogP contribution in [0.25, 0.3) is 0 Å². The molecule has 0 aliphatic heterocycles. The molecule has 2 aliphatic rings. The Kier molecular flexibility index (Phi) is 23.2. The van der Waals surface area contributed by atoms with Gasteiger partial charge < -0.3 is 14.9 Å². The molecule has 4 heteroatoms. The normalized spacial score (nSPS) is 17.9. The van der Waals surface area contributed by atoms with Gasteiger partial charge in [0.1, 0.15) is 6.71 Å². The second-order valence-corrected chi connectivity index (χ2v) is 8.33. The quantitative estimate of drug-likeness (QED) is 0.350. The van der Waals surface area contributed by atoms with Crippen molar-refractivity contribution in [3.8, 4) is 0 Å². The van der Waals surface area contributed by atoms with Crippen LogP contribution in [0.3, 0.4) is 0 Å². The molecule has 0 aromatic rings. The summed E-state index contributed by atoms with van der Waals surface area (Å²) >= 11 is -0.556. The van der Waals surface area contributed by atoms with E-state index in [2.05, 4.69) is 20.6 Å². The van der Waals surface area contributed by atoms with Gasteiger partial charge in [0.2, 0.25) is 0 Å². The van der Waals surface area contributed by atoms with Crippen molar-refractivity contribution in [3.05, 3.63) is 14.9 Å². The van der Waals surface area contributed by atoms with E-state index < -0.39 is 17.0 Å². The second kappa shape index (κ2) is 17.4. The zero-order valence-electron chi connectivity index (χ0n) is 13.6. The van der Waals surface area contributed by atoms with E-state index in [-0.39, 0.29) is 14.9 Å². The molecule has 0 atom stereocenters. The van der Waals surface area contributed by atoms with E-state index >= 15 is 0 Å². The van der Waals surface area contributed by atoms with Gasteiger partial charge in [-0.05, 0) is 5.92 Å². The first-order valence-corrected chi connectivity index (χ1v) is 11.4. The zero-order chi connectivity index (χ0) is 13.1. The predicted octanol–water partition coefficient (Wildman–Crippen LogP) is 7.16. The van der Waals surface area contributed by atoms with Gasteiger partial charge in [-0.3, -0.25) is 0 Å². The monoisotopic (exact) mass is 342 g/mol. The first kappa shape index (κ1) is 25.3. The Morgan fingerprint density at radius 2 is 1.16 bits per heavy atom. The molecule has 0 radical (unpaired) electrons. The van der Waals surface area contributed by atoms with E-state index in [4.69, 9.17) is 18.6 Å². The molecule has 0 nitrogen and oxygen atoms in total. The predicted molar refractivity (Wildman–Crippen MR) is 91.9 cm³/mol. The molecule has 0 saturated heterocycles. The molecule has 0 amide bonds. The third kappa shape index (κ3) is 15.6. The third-order valence-corrected chi connectivity index (χ3v) is 3.99. The summed E-state index contributed by atoms with van der Waals surface area (Å²) in [6.07, 6.45) is 11.9. The van der Waals surface area contributed by atoms with Crippen LogP contribution in [-0.2, 0) is 17.0 Å². The van der Waals surface area contributed by atoms with Crippen molar-refractivity contribution < 1.29 is 17.0 Å². The van der Waals surface area contributed by atoms with E-state index in [0.29, 0.717) is 0 Å². The summed E-state index contributed by atoms with van der Waals surface area (Å²) in [6, 6.07) is 0. The van der Waals surface area contributed by atoms with Crippen LogP contribution in [0.2, 0.25) is 19.5 Å². The summed E-state index contributed by atoms with van der Waals surface area (Å²) < 4.78 is 0. The fourth-order valence-corrected chi connectivity index (χ4v) is 2.75. The molecule has 2 fully saturated rings. The molecule has 0 aromatic heterocycles. The maximum absolute atomic E-state index is 4.89. The van der Waals surface area contributed by atoms with Gasteiger partial charge in [0.15, 0.2) is 0 Å². The number of hydrogen-bond donors (Lipinski definition) is 0. The van der Waals surface area contributed by atoms with E-state index in [1.807, 2.05) is 0 Å². The SMILES string of the molecule is CB(C)C1CCCC1.CC1CCCC1.[CH3-].[CH3-].[Cl][Ti][Cl]. The Morgan fingerprint density at radius 1 is 0.842 bits per heavy atom. The van der Waals surface area contributed by atoms with E-state index in [9.17, 15) is 0 Å². The van der Waals surface area contributed by atoms with Crippen LogP contribution in [0.1, 0.15) is 58.3 Å². The first-order valence-electron chi connectivity index (χ1n) is 7.08. The standard InChI is InChI=1S/C7H15B.C6H12.2CH3.2ClH.Ti/c1-8(2)7-5-3-4-6-7;1-6-4-2-3-5-6;;;;;/h7H,3-6H2,1-2H3;6H,2-5H2,1H3;2*1H3;2*1H;/q;;2*-1;;;+2/p-2. The number of halogens is 2. The number of hydrogen-bond acceptors (Lipinski definition) is 0. The molecule has 116 valence electrons. The van der Waals surface area contributed by atoms with Crippen LogP contribution in [0.15, 0.2) is 0 Å². The van der Waals surface area contributed by atoms with Crippen LogP contribution in [0.4, 0.5) is 0 Å². The number of rotatable bonds is 1. The van der Waals surface area contributed by atoms with Gasteiger partial charge in [0.25, 0.3) is 0 Å². The average Bonchev–Trinajstić information content (AvgIpc) is 2.91. The van der Waals surface area contributed by atoms with Crippen LogP contribution < -0.4 is 0 Å². The van der Waals surface area contributed by atoms with Gasteiger partial charge in [0, 0.05) is 0 Å². The summed E-state index contributed by atoms with van der Waals surface area (Å²) in [5.41, 5.74) is 0. The van der Waals surface area contributed by atoms with Crippen molar-refractivity contribution in [2.24, 2.45) is 5.92 Å². The van der Waals surface area contributed by atoms with Gasteiger partial charge >= 0.3 is 35.6 Å². The molecule has 19 heavy (non-hydrogen) atoms. The van der Waals surface area contributed by atoms with Gasteiger partial charge in [0.05, 0.1) is 0 Å². The Hall–Kier alpha value is 1.36. The molecular formula is C15H33BCl2Ti-2. The second-order valence-electron chi connectivity index (χ2n) is 5.75. The average molecular weight is 343 g/mol. The molecule has 2 aliphatic carbocycles. The maximum atomic E-state index is 4.89. The van der Waals surface area contributed by atoms with Crippen molar-refractivity contribution in [1.29, 1.82) is 0 Å². The molecule has 0 N–H and O–H groups in total. The van der Waals surface area contributed by atoms with Crippen molar-refractivity contribution in [3.63, 3.8) is 0 Å². The molecule has 2 rings (SSSR count). The molecule has 0 spiro atoms. The van der Waals surface area contributed by atoms with Crippen molar-refractivity contribution in [2.75, 3.05) is 0 Å².